The largest absolute Gasteiger partial charge is 0.545 e. The highest BCUT2D eigenvalue weighted by molar-refractivity contribution is 6.05. The number of hydrogen-bond acceptors (Lipinski definition) is 4. The van der Waals surface area contributed by atoms with E-state index < -0.39 is 5.97 Å². The molecule has 2 rings (SSSR count). The maximum absolute atomic E-state index is 11.7. The van der Waals surface area contributed by atoms with E-state index in [1.54, 1.807) is 12.1 Å². The summed E-state index contributed by atoms with van der Waals surface area (Å²) in [5, 5.41) is 10.6. The Labute approximate surface area is 112 Å². The third-order valence-corrected chi connectivity index (χ3v) is 3.15. The number of nitrogens with zero attached hydrogens (tertiary/aromatic N) is 1. The number of carbonyl (C=O) groups excluding carboxylic acids is 2. The molecule has 0 bridgehead atoms. The monoisotopic (exact) mass is 258 g/mol. The molecule has 0 N–H and O–H groups in total. The van der Waals surface area contributed by atoms with Gasteiger partial charge in [-0.05, 0) is 29.5 Å². The Balaban J connectivity index is 2.21. The number of ketones is 1. The highest BCUT2D eigenvalue weighted by Gasteiger charge is 2.30. The van der Waals surface area contributed by atoms with Crippen LogP contribution in [0.3, 0.4) is 0 Å². The number of aromatic carboxylic acids is 1. The van der Waals surface area contributed by atoms with Crippen LogP contribution in [0.4, 0.5) is 5.69 Å². The van der Waals surface area contributed by atoms with Crippen molar-refractivity contribution < 1.29 is 14.7 Å². The highest BCUT2D eigenvalue weighted by Crippen LogP contribution is 2.32. The normalized spacial score (nSPS) is 20.5. The van der Waals surface area contributed by atoms with E-state index >= 15 is 0 Å². The molecule has 0 aliphatic heterocycles. The smallest absolute Gasteiger partial charge is 0.139 e. The quantitative estimate of drug-likeness (QED) is 0.813. The van der Waals surface area contributed by atoms with Gasteiger partial charge in [0.2, 0.25) is 0 Å². The van der Waals surface area contributed by atoms with Crippen LogP contribution in [0, 0.1) is 5.41 Å². The Morgan fingerprint density at radius 1 is 1.21 bits per heavy atom. The lowest BCUT2D eigenvalue weighted by atomic mass is 9.76. The summed E-state index contributed by atoms with van der Waals surface area (Å²) in [6.07, 6.45) is 1.78. The molecule has 0 atom stereocenters. The number of Topliss-reactive ketones (excluding diaryl/α,β-unsaturated/α-hetero) is 1. The number of carboxylic acids is 1. The van der Waals surface area contributed by atoms with Crippen molar-refractivity contribution in [2.75, 3.05) is 0 Å². The molecule has 0 unspecified atom stereocenters. The first-order chi connectivity index (χ1) is 8.85. The zero-order valence-electron chi connectivity index (χ0n) is 11.1. The molecule has 1 fully saturated rings. The summed E-state index contributed by atoms with van der Waals surface area (Å²) < 4.78 is 0. The van der Waals surface area contributed by atoms with Crippen molar-refractivity contribution in [3.63, 3.8) is 0 Å². The third-order valence-electron chi connectivity index (χ3n) is 3.15. The molecular weight excluding hydrogens is 242 g/mol. The lowest BCUT2D eigenvalue weighted by molar-refractivity contribution is -0.255. The molecule has 100 valence electrons. The predicted molar refractivity (Wildman–Crippen MR) is 70.5 cm³/mol. The van der Waals surface area contributed by atoms with Gasteiger partial charge in [-0.2, -0.15) is 0 Å². The average molecular weight is 258 g/mol. The maximum Gasteiger partial charge on any atom is 0.139 e. The van der Waals surface area contributed by atoms with Crippen LogP contribution in [-0.4, -0.2) is 17.5 Å². The van der Waals surface area contributed by atoms with Gasteiger partial charge in [0, 0.05) is 18.6 Å². The second kappa shape index (κ2) is 4.96. The summed E-state index contributed by atoms with van der Waals surface area (Å²) in [7, 11) is 0. The molecule has 19 heavy (non-hydrogen) atoms. The molecule has 4 nitrogen and oxygen atoms in total. The molecule has 0 spiro atoms. The van der Waals surface area contributed by atoms with Crippen molar-refractivity contribution in [1.82, 2.24) is 0 Å². The zero-order chi connectivity index (χ0) is 14.0. The molecule has 1 saturated carbocycles. The lowest BCUT2D eigenvalue weighted by Gasteiger charge is -2.29. The van der Waals surface area contributed by atoms with Gasteiger partial charge in [0.05, 0.1) is 11.7 Å². The minimum atomic E-state index is -1.20. The molecule has 0 heterocycles. The molecule has 0 aromatic heterocycles. The minimum Gasteiger partial charge on any atom is -0.545 e. The number of hydrogen-bond donors (Lipinski definition) is 0. The van der Waals surface area contributed by atoms with Crippen molar-refractivity contribution in [2.24, 2.45) is 10.4 Å². The van der Waals surface area contributed by atoms with Crippen molar-refractivity contribution in [1.29, 1.82) is 0 Å². The van der Waals surface area contributed by atoms with Crippen LogP contribution in [0.15, 0.2) is 29.3 Å². The van der Waals surface area contributed by atoms with Crippen molar-refractivity contribution >= 4 is 23.2 Å². The molecule has 1 aromatic rings. The Morgan fingerprint density at radius 2 is 1.84 bits per heavy atom. The topological polar surface area (TPSA) is 69.6 Å². The second-order valence-corrected chi connectivity index (χ2v) is 5.75. The third kappa shape index (κ3) is 3.50. The first-order valence-electron chi connectivity index (χ1n) is 6.25. The summed E-state index contributed by atoms with van der Waals surface area (Å²) in [5.74, 6) is -0.991. The fourth-order valence-corrected chi connectivity index (χ4v) is 2.43. The molecule has 0 saturated heterocycles. The van der Waals surface area contributed by atoms with Crippen molar-refractivity contribution in [3.05, 3.63) is 29.8 Å². The molecule has 1 aromatic carbocycles. The van der Waals surface area contributed by atoms with Crippen LogP contribution < -0.4 is 5.11 Å². The molecule has 1 aliphatic rings. The summed E-state index contributed by atoms with van der Waals surface area (Å²) in [6, 6.07) is 6.18. The fourth-order valence-electron chi connectivity index (χ4n) is 2.43. The van der Waals surface area contributed by atoms with E-state index in [1.807, 2.05) is 0 Å². The van der Waals surface area contributed by atoms with Gasteiger partial charge in [-0.1, -0.05) is 26.0 Å². The number of carboxylic acid groups (broad SMARTS) is 1. The van der Waals surface area contributed by atoms with Gasteiger partial charge >= 0.3 is 0 Å². The summed E-state index contributed by atoms with van der Waals surface area (Å²) >= 11 is 0. The molecule has 0 amide bonds. The number of benzene rings is 1. The number of aliphatic imine (C=N–C) groups is 1. The van der Waals surface area contributed by atoms with Gasteiger partial charge in [0.1, 0.15) is 5.78 Å². The van der Waals surface area contributed by atoms with Gasteiger partial charge in [0.15, 0.2) is 0 Å². The molecular formula is C15H16NO3-. The molecule has 4 heteroatoms. The van der Waals surface area contributed by atoms with Gasteiger partial charge < -0.3 is 9.90 Å². The van der Waals surface area contributed by atoms with Gasteiger partial charge in [-0.3, -0.25) is 9.79 Å². The highest BCUT2D eigenvalue weighted by atomic mass is 16.4. The minimum absolute atomic E-state index is 0.0426. The first kappa shape index (κ1) is 13.5. The average Bonchev–Trinajstić information content (AvgIpc) is 2.26. The summed E-state index contributed by atoms with van der Waals surface area (Å²) in [5.41, 5.74) is 1.62. The van der Waals surface area contributed by atoms with Crippen LogP contribution in [0.2, 0.25) is 0 Å². The fraction of sp³-hybridized carbons (Fsp3) is 0.400. The van der Waals surface area contributed by atoms with Crippen molar-refractivity contribution in [2.45, 2.75) is 33.1 Å². The van der Waals surface area contributed by atoms with Crippen molar-refractivity contribution in [3.8, 4) is 0 Å². The predicted octanol–water partition coefficient (Wildman–Crippen LogP) is 1.90. The second-order valence-electron chi connectivity index (χ2n) is 5.75. The Hall–Kier alpha value is -1.97. The molecule has 0 radical (unpaired) electrons. The Morgan fingerprint density at radius 3 is 2.37 bits per heavy atom. The van der Waals surface area contributed by atoms with Crippen LogP contribution in [0.1, 0.15) is 43.5 Å². The van der Waals surface area contributed by atoms with Gasteiger partial charge in [0.25, 0.3) is 0 Å². The van der Waals surface area contributed by atoms with Crippen LogP contribution in [0.25, 0.3) is 0 Å². The maximum atomic E-state index is 11.7. The van der Waals surface area contributed by atoms with Gasteiger partial charge in [-0.15, -0.1) is 0 Å². The van der Waals surface area contributed by atoms with Crippen LogP contribution >= 0.6 is 0 Å². The Bertz CT molecular complexity index is 541. The van der Waals surface area contributed by atoms with Crippen LogP contribution in [0.5, 0.6) is 0 Å². The number of rotatable bonds is 2. The van der Waals surface area contributed by atoms with E-state index in [4.69, 9.17) is 0 Å². The zero-order valence-corrected chi connectivity index (χ0v) is 11.1. The van der Waals surface area contributed by atoms with E-state index in [9.17, 15) is 14.7 Å². The van der Waals surface area contributed by atoms with E-state index in [0.717, 1.165) is 12.1 Å². The summed E-state index contributed by atoms with van der Waals surface area (Å²) in [4.78, 5) is 26.7. The molecule has 1 aliphatic carbocycles. The van der Waals surface area contributed by atoms with Crippen LogP contribution in [-0.2, 0) is 4.79 Å². The number of carbonyl (C=O) groups is 2. The summed E-state index contributed by atoms with van der Waals surface area (Å²) in [6.45, 7) is 4.11. The van der Waals surface area contributed by atoms with Gasteiger partial charge in [-0.25, -0.2) is 0 Å². The van der Waals surface area contributed by atoms with E-state index in [-0.39, 0.29) is 16.8 Å². The van der Waals surface area contributed by atoms with E-state index in [2.05, 4.69) is 18.8 Å². The first-order valence-corrected chi connectivity index (χ1v) is 6.25. The van der Waals surface area contributed by atoms with E-state index in [0.29, 0.717) is 18.5 Å². The standard InChI is InChI=1S/C15H17NO3/c1-15(2)8-12(7-13(17)9-15)16-11-5-3-10(4-6-11)14(18)19/h3-6H,7-9H2,1-2H3,(H,18,19)/p-1. The Kier molecular flexibility index (Phi) is 3.51. The lowest BCUT2D eigenvalue weighted by Crippen LogP contribution is -2.28. The SMILES string of the molecule is CC1(C)CC(=O)CC(=Nc2ccc(C(=O)[O-])cc2)C1. The van der Waals surface area contributed by atoms with E-state index in [1.165, 1.54) is 12.1 Å².